The number of thiazole rings is 1. The van der Waals surface area contributed by atoms with Crippen LogP contribution in [0.2, 0.25) is 0 Å². The first kappa shape index (κ1) is 11.3. The summed E-state index contributed by atoms with van der Waals surface area (Å²) in [5, 5.41) is 12.0. The number of rotatable bonds is 4. The number of hydrogen-bond acceptors (Lipinski definition) is 4. The quantitative estimate of drug-likeness (QED) is 0.917. The highest BCUT2D eigenvalue weighted by molar-refractivity contribution is 7.10. The van der Waals surface area contributed by atoms with Crippen molar-refractivity contribution >= 4 is 17.3 Å². The molecule has 1 fully saturated rings. The number of aromatic nitrogens is 2. The molecule has 2 aromatic heterocycles. The van der Waals surface area contributed by atoms with Crippen LogP contribution in [0.5, 0.6) is 0 Å². The van der Waals surface area contributed by atoms with Gasteiger partial charge in [-0.25, -0.2) is 4.98 Å². The lowest BCUT2D eigenvalue weighted by Gasteiger charge is -2.05. The molecule has 1 saturated carbocycles. The molecule has 92 valence electrons. The number of aliphatic carboxylic acids is 1. The fourth-order valence-corrected chi connectivity index (χ4v) is 2.89. The largest absolute Gasteiger partial charge is 0.481 e. The molecule has 18 heavy (non-hydrogen) atoms. The Morgan fingerprint density at radius 2 is 2.33 bits per heavy atom. The molecule has 3 rings (SSSR count). The van der Waals surface area contributed by atoms with Gasteiger partial charge in [0.25, 0.3) is 0 Å². The fraction of sp³-hybridized carbons (Fsp3) is 0.308. The number of carboxylic acids is 1. The Morgan fingerprint density at radius 3 is 2.94 bits per heavy atom. The molecule has 0 amide bonds. The van der Waals surface area contributed by atoms with Crippen LogP contribution in [0, 0.1) is 5.41 Å². The lowest BCUT2D eigenvalue weighted by molar-refractivity contribution is -0.143. The van der Waals surface area contributed by atoms with Gasteiger partial charge in [0.05, 0.1) is 16.1 Å². The highest BCUT2D eigenvalue weighted by Gasteiger charge is 2.50. The minimum Gasteiger partial charge on any atom is -0.481 e. The minimum atomic E-state index is -0.694. The first-order valence-corrected chi connectivity index (χ1v) is 6.66. The van der Waals surface area contributed by atoms with Crippen LogP contribution in [0.4, 0.5) is 0 Å². The molecule has 1 aliphatic carbocycles. The van der Waals surface area contributed by atoms with Gasteiger partial charge >= 0.3 is 5.97 Å². The monoisotopic (exact) mass is 260 g/mol. The van der Waals surface area contributed by atoms with Gasteiger partial charge in [-0.05, 0) is 25.0 Å². The van der Waals surface area contributed by atoms with Crippen LogP contribution in [0.15, 0.2) is 29.9 Å². The molecule has 0 atom stereocenters. The zero-order valence-corrected chi connectivity index (χ0v) is 10.5. The summed E-state index contributed by atoms with van der Waals surface area (Å²) in [7, 11) is 0. The SMILES string of the molecule is O=C(O)C1(Cc2nc(-c3cccnc3)cs2)CC1. The average molecular weight is 260 g/mol. The van der Waals surface area contributed by atoms with Crippen molar-refractivity contribution in [3.8, 4) is 11.3 Å². The van der Waals surface area contributed by atoms with Crippen molar-refractivity contribution in [3.63, 3.8) is 0 Å². The Balaban J connectivity index is 1.81. The van der Waals surface area contributed by atoms with E-state index in [-0.39, 0.29) is 0 Å². The van der Waals surface area contributed by atoms with Gasteiger partial charge in [-0.15, -0.1) is 11.3 Å². The third-order valence-electron chi connectivity index (χ3n) is 3.31. The summed E-state index contributed by atoms with van der Waals surface area (Å²) in [6.45, 7) is 0. The van der Waals surface area contributed by atoms with E-state index >= 15 is 0 Å². The van der Waals surface area contributed by atoms with Crippen molar-refractivity contribution < 1.29 is 9.90 Å². The summed E-state index contributed by atoms with van der Waals surface area (Å²) in [4.78, 5) is 19.7. The second-order valence-corrected chi connectivity index (χ2v) is 5.57. The van der Waals surface area contributed by atoms with Crippen LogP contribution >= 0.6 is 11.3 Å². The Kier molecular flexibility index (Phi) is 2.63. The van der Waals surface area contributed by atoms with E-state index < -0.39 is 11.4 Å². The van der Waals surface area contributed by atoms with E-state index in [1.165, 1.54) is 11.3 Å². The topological polar surface area (TPSA) is 63.1 Å². The van der Waals surface area contributed by atoms with Gasteiger partial charge in [-0.2, -0.15) is 0 Å². The van der Waals surface area contributed by atoms with Crippen LogP contribution in [-0.2, 0) is 11.2 Å². The Morgan fingerprint density at radius 1 is 1.50 bits per heavy atom. The Hall–Kier alpha value is -1.75. The standard InChI is InChI=1S/C13H12N2O2S/c16-12(17)13(3-4-13)6-11-15-10(8-18-11)9-2-1-5-14-7-9/h1-2,5,7-8H,3-4,6H2,(H,16,17). The van der Waals surface area contributed by atoms with Gasteiger partial charge in [0, 0.05) is 29.8 Å². The summed E-state index contributed by atoms with van der Waals surface area (Å²) >= 11 is 1.53. The third kappa shape index (κ3) is 2.01. The van der Waals surface area contributed by atoms with Crippen molar-refractivity contribution in [2.45, 2.75) is 19.3 Å². The van der Waals surface area contributed by atoms with E-state index in [2.05, 4.69) is 9.97 Å². The smallest absolute Gasteiger partial charge is 0.310 e. The van der Waals surface area contributed by atoms with Gasteiger partial charge in [-0.3, -0.25) is 9.78 Å². The number of pyridine rings is 1. The van der Waals surface area contributed by atoms with Crippen molar-refractivity contribution in [1.29, 1.82) is 0 Å². The van der Waals surface area contributed by atoms with E-state index in [1.807, 2.05) is 17.5 Å². The number of carbonyl (C=O) groups is 1. The molecule has 0 saturated heterocycles. The second-order valence-electron chi connectivity index (χ2n) is 4.63. The molecule has 0 bridgehead atoms. The first-order valence-electron chi connectivity index (χ1n) is 5.78. The molecule has 0 spiro atoms. The molecule has 1 N–H and O–H groups in total. The lowest BCUT2D eigenvalue weighted by Crippen LogP contribution is -2.17. The van der Waals surface area contributed by atoms with Crippen molar-refractivity contribution in [1.82, 2.24) is 9.97 Å². The van der Waals surface area contributed by atoms with Crippen LogP contribution < -0.4 is 0 Å². The molecule has 1 aliphatic rings. The zero-order valence-electron chi connectivity index (χ0n) is 9.67. The Labute approximate surface area is 108 Å². The second kappa shape index (κ2) is 4.17. The molecular weight excluding hydrogens is 248 g/mol. The number of nitrogens with zero attached hydrogens (tertiary/aromatic N) is 2. The van der Waals surface area contributed by atoms with Crippen LogP contribution in [0.1, 0.15) is 17.8 Å². The van der Waals surface area contributed by atoms with Crippen LogP contribution in [-0.4, -0.2) is 21.0 Å². The van der Waals surface area contributed by atoms with Gasteiger partial charge in [-0.1, -0.05) is 0 Å². The van der Waals surface area contributed by atoms with E-state index in [9.17, 15) is 4.79 Å². The molecular formula is C13H12N2O2S. The summed E-state index contributed by atoms with van der Waals surface area (Å²) in [5.41, 5.74) is 1.31. The lowest BCUT2D eigenvalue weighted by atomic mass is 10.0. The van der Waals surface area contributed by atoms with Crippen molar-refractivity contribution in [2.24, 2.45) is 5.41 Å². The van der Waals surface area contributed by atoms with E-state index in [0.717, 1.165) is 29.1 Å². The predicted molar refractivity (Wildman–Crippen MR) is 68.4 cm³/mol. The highest BCUT2D eigenvalue weighted by atomic mass is 32.1. The van der Waals surface area contributed by atoms with E-state index in [4.69, 9.17) is 5.11 Å². The van der Waals surface area contributed by atoms with Gasteiger partial charge in [0.2, 0.25) is 0 Å². The summed E-state index contributed by atoms with van der Waals surface area (Å²) in [6, 6.07) is 3.82. The average Bonchev–Trinajstić information content (AvgIpc) is 3.01. The molecule has 4 nitrogen and oxygen atoms in total. The van der Waals surface area contributed by atoms with Crippen molar-refractivity contribution in [3.05, 3.63) is 34.9 Å². The van der Waals surface area contributed by atoms with Gasteiger partial charge < -0.3 is 5.11 Å². The fourth-order valence-electron chi connectivity index (χ4n) is 1.95. The first-order chi connectivity index (χ1) is 8.70. The van der Waals surface area contributed by atoms with Gasteiger partial charge in [0.15, 0.2) is 0 Å². The Bertz CT molecular complexity index is 576. The molecule has 0 aromatic carbocycles. The maximum absolute atomic E-state index is 11.1. The zero-order chi connectivity index (χ0) is 12.6. The van der Waals surface area contributed by atoms with Crippen LogP contribution in [0.3, 0.4) is 0 Å². The highest BCUT2D eigenvalue weighted by Crippen LogP contribution is 2.49. The molecule has 0 aliphatic heterocycles. The third-order valence-corrected chi connectivity index (χ3v) is 4.15. The number of hydrogen-bond donors (Lipinski definition) is 1. The van der Waals surface area contributed by atoms with E-state index in [1.54, 1.807) is 12.4 Å². The van der Waals surface area contributed by atoms with Gasteiger partial charge in [0.1, 0.15) is 0 Å². The maximum Gasteiger partial charge on any atom is 0.310 e. The molecule has 0 radical (unpaired) electrons. The van der Waals surface area contributed by atoms with E-state index in [0.29, 0.717) is 6.42 Å². The van der Waals surface area contributed by atoms with Crippen LogP contribution in [0.25, 0.3) is 11.3 Å². The normalized spacial score (nSPS) is 16.4. The summed E-state index contributed by atoms with van der Waals surface area (Å²) < 4.78 is 0. The molecule has 0 unspecified atom stereocenters. The summed E-state index contributed by atoms with van der Waals surface area (Å²) in [5.74, 6) is -0.694. The maximum atomic E-state index is 11.1. The predicted octanol–water partition coefficient (Wildman–Crippen LogP) is 2.61. The van der Waals surface area contributed by atoms with Crippen molar-refractivity contribution in [2.75, 3.05) is 0 Å². The molecule has 2 aromatic rings. The molecule has 2 heterocycles. The minimum absolute atomic E-state index is 0.538. The summed E-state index contributed by atoms with van der Waals surface area (Å²) in [6.07, 6.45) is 5.57. The molecule has 5 heteroatoms. The number of carboxylic acid groups (broad SMARTS) is 1.